The first-order valence-corrected chi connectivity index (χ1v) is 11.4. The largest absolute Gasteiger partial charge is 0.573 e. The van der Waals surface area contributed by atoms with Gasteiger partial charge in [-0.25, -0.2) is 0 Å². The fourth-order valence-corrected chi connectivity index (χ4v) is 4.20. The highest BCUT2D eigenvalue weighted by molar-refractivity contribution is 7.80. The minimum atomic E-state index is -4.73. The molecule has 1 heterocycles. The van der Waals surface area contributed by atoms with Crippen molar-refractivity contribution >= 4 is 29.2 Å². The van der Waals surface area contributed by atoms with Crippen molar-refractivity contribution in [2.24, 2.45) is 5.10 Å². The average Bonchev–Trinajstić information content (AvgIpc) is 3.29. The van der Waals surface area contributed by atoms with Crippen molar-refractivity contribution < 1.29 is 22.4 Å². The number of nitrogens with one attached hydrogen (secondary N) is 2. The van der Waals surface area contributed by atoms with Gasteiger partial charge in [-0.3, -0.25) is 5.43 Å². The number of aryl methyl sites for hydroxylation is 1. The van der Waals surface area contributed by atoms with Crippen molar-refractivity contribution in [2.75, 3.05) is 5.32 Å². The fraction of sp³-hybridized carbons (Fsp3) is 0.115. The predicted octanol–water partition coefficient (Wildman–Crippen LogP) is 6.33. The maximum absolute atomic E-state index is 12.4. The van der Waals surface area contributed by atoms with Crippen molar-refractivity contribution in [3.05, 3.63) is 89.5 Å². The second-order valence-corrected chi connectivity index (χ2v) is 8.43. The van der Waals surface area contributed by atoms with Gasteiger partial charge in [0.1, 0.15) is 11.4 Å². The van der Waals surface area contributed by atoms with Crippen LogP contribution in [-0.4, -0.2) is 22.8 Å². The van der Waals surface area contributed by atoms with E-state index >= 15 is 0 Å². The Morgan fingerprint density at radius 2 is 1.81 bits per heavy atom. The van der Waals surface area contributed by atoms with Crippen molar-refractivity contribution in [1.29, 1.82) is 0 Å². The molecule has 0 fully saturated rings. The van der Waals surface area contributed by atoms with Gasteiger partial charge in [0.05, 0.1) is 6.21 Å². The summed E-state index contributed by atoms with van der Waals surface area (Å²) in [6.45, 7) is 0. The van der Waals surface area contributed by atoms with E-state index in [0.29, 0.717) is 22.9 Å². The summed E-state index contributed by atoms with van der Waals surface area (Å²) < 4.78 is 46.8. The molecule has 4 aromatic rings. The molecule has 0 amide bonds. The van der Waals surface area contributed by atoms with Crippen LogP contribution in [0.1, 0.15) is 16.7 Å². The number of thiocarbonyl (C=S) groups is 1. The lowest BCUT2D eigenvalue weighted by atomic mass is 9.87. The zero-order valence-electron chi connectivity index (χ0n) is 18.7. The first-order chi connectivity index (χ1) is 17.4. The summed E-state index contributed by atoms with van der Waals surface area (Å²) in [5, 5.41) is 11.9. The van der Waals surface area contributed by atoms with Crippen LogP contribution in [-0.2, 0) is 12.8 Å². The highest BCUT2D eigenvalue weighted by Crippen LogP contribution is 2.39. The maximum Gasteiger partial charge on any atom is 0.573 e. The lowest BCUT2D eigenvalue weighted by Crippen LogP contribution is -2.23. The second-order valence-electron chi connectivity index (χ2n) is 8.02. The summed E-state index contributed by atoms with van der Waals surface area (Å²) >= 11 is 5.25. The summed E-state index contributed by atoms with van der Waals surface area (Å²) in [5.74, 6) is 0.258. The smallest absolute Gasteiger partial charge is 0.406 e. The van der Waals surface area contributed by atoms with Gasteiger partial charge in [-0.2, -0.15) is 5.10 Å². The molecule has 1 aliphatic carbocycles. The number of ether oxygens (including phenoxy) is 1. The summed E-state index contributed by atoms with van der Waals surface area (Å²) in [6, 6.07) is 21.0. The van der Waals surface area contributed by atoms with Crippen LogP contribution in [0.25, 0.3) is 22.6 Å². The maximum atomic E-state index is 12.4. The lowest BCUT2D eigenvalue weighted by Gasteiger charge is -2.16. The van der Waals surface area contributed by atoms with Crippen LogP contribution in [0.4, 0.5) is 18.9 Å². The van der Waals surface area contributed by atoms with Crippen LogP contribution in [0.3, 0.4) is 0 Å². The lowest BCUT2D eigenvalue weighted by molar-refractivity contribution is -0.274. The van der Waals surface area contributed by atoms with Crippen LogP contribution >= 0.6 is 12.2 Å². The third kappa shape index (κ3) is 5.38. The molecule has 5 rings (SSSR count). The van der Waals surface area contributed by atoms with Gasteiger partial charge in [-0.05, 0) is 78.7 Å². The Morgan fingerprint density at radius 1 is 1.03 bits per heavy atom. The van der Waals surface area contributed by atoms with Crippen molar-refractivity contribution in [2.45, 2.75) is 19.2 Å². The third-order valence-corrected chi connectivity index (χ3v) is 5.77. The molecular formula is C26H19F3N4O2S. The van der Waals surface area contributed by atoms with Gasteiger partial charge >= 0.3 is 6.36 Å². The SMILES string of the molecule is FC(F)(F)Oc1ccc(-c2onc3c2CCc2cc(/C=N/NC(=S)Nc4ccccc4)ccc2-3)cc1. The Hall–Kier alpha value is -4.18. The van der Waals surface area contributed by atoms with Crippen molar-refractivity contribution in [3.63, 3.8) is 0 Å². The van der Waals surface area contributed by atoms with E-state index in [1.165, 1.54) is 24.3 Å². The number of anilines is 1. The summed E-state index contributed by atoms with van der Waals surface area (Å²) in [5.41, 5.74) is 8.92. The Morgan fingerprint density at radius 3 is 2.56 bits per heavy atom. The standard InChI is InChI=1S/C26H19F3N4O2S/c27-26(28,29)34-20-10-7-17(8-11-20)24-22-13-9-18-14-16(6-12-21(18)23(22)33-35-24)15-30-32-25(36)31-19-4-2-1-3-5-19/h1-8,10-12,14-15H,9,13H2,(H2,31,32,36)/b30-15+. The molecule has 10 heteroatoms. The zero-order valence-corrected chi connectivity index (χ0v) is 19.5. The van der Waals surface area contributed by atoms with E-state index in [-0.39, 0.29) is 5.75 Å². The molecule has 3 aromatic carbocycles. The topological polar surface area (TPSA) is 71.7 Å². The van der Waals surface area contributed by atoms with Gasteiger partial charge in [0, 0.05) is 22.4 Å². The van der Waals surface area contributed by atoms with Crippen LogP contribution in [0.15, 0.2) is 82.4 Å². The van der Waals surface area contributed by atoms with E-state index in [0.717, 1.165) is 40.1 Å². The van der Waals surface area contributed by atoms with Gasteiger partial charge in [0.2, 0.25) is 0 Å². The quantitative estimate of drug-likeness (QED) is 0.187. The molecule has 0 bridgehead atoms. The molecule has 1 aliphatic rings. The van der Waals surface area contributed by atoms with Crippen LogP contribution < -0.4 is 15.5 Å². The minimum Gasteiger partial charge on any atom is -0.406 e. The number of fused-ring (bicyclic) bond motifs is 3. The first-order valence-electron chi connectivity index (χ1n) is 11.0. The third-order valence-electron chi connectivity index (χ3n) is 5.58. The number of aromatic nitrogens is 1. The molecule has 1 aromatic heterocycles. The molecule has 0 saturated heterocycles. The van der Waals surface area contributed by atoms with Crippen LogP contribution in [0.2, 0.25) is 0 Å². The zero-order chi connectivity index (χ0) is 25.1. The molecule has 0 saturated carbocycles. The molecule has 0 aliphatic heterocycles. The van der Waals surface area contributed by atoms with E-state index in [1.54, 1.807) is 6.21 Å². The Balaban J connectivity index is 1.28. The molecule has 0 atom stereocenters. The number of para-hydroxylation sites is 1. The highest BCUT2D eigenvalue weighted by atomic mass is 32.1. The predicted molar refractivity (Wildman–Crippen MR) is 135 cm³/mol. The number of halogens is 3. The molecule has 0 unspecified atom stereocenters. The van der Waals surface area contributed by atoms with E-state index in [2.05, 4.69) is 25.7 Å². The summed E-state index contributed by atoms with van der Waals surface area (Å²) in [4.78, 5) is 0. The summed E-state index contributed by atoms with van der Waals surface area (Å²) in [6.07, 6.45) is -1.60. The fourth-order valence-electron chi connectivity index (χ4n) is 4.03. The molecule has 0 spiro atoms. The van der Waals surface area contributed by atoms with Crippen molar-refractivity contribution in [1.82, 2.24) is 10.6 Å². The average molecular weight is 509 g/mol. The number of nitrogens with zero attached hydrogens (tertiary/aromatic N) is 2. The minimum absolute atomic E-state index is 0.287. The van der Waals surface area contributed by atoms with E-state index in [9.17, 15) is 13.2 Å². The number of hydrogen-bond acceptors (Lipinski definition) is 5. The van der Waals surface area contributed by atoms with Gasteiger partial charge < -0.3 is 14.6 Å². The Bertz CT molecular complexity index is 1420. The second kappa shape index (κ2) is 9.82. The number of benzene rings is 3. The van der Waals surface area contributed by atoms with E-state index < -0.39 is 6.36 Å². The monoisotopic (exact) mass is 508 g/mol. The van der Waals surface area contributed by atoms with Crippen molar-refractivity contribution in [3.8, 4) is 28.3 Å². The van der Waals surface area contributed by atoms with Crippen LogP contribution in [0.5, 0.6) is 5.75 Å². The molecule has 0 radical (unpaired) electrons. The van der Waals surface area contributed by atoms with Gasteiger partial charge in [-0.1, -0.05) is 35.5 Å². The number of alkyl halides is 3. The van der Waals surface area contributed by atoms with Gasteiger partial charge in [0.25, 0.3) is 0 Å². The highest BCUT2D eigenvalue weighted by Gasteiger charge is 2.31. The molecule has 6 nitrogen and oxygen atoms in total. The Kier molecular flexibility index (Phi) is 6.43. The molecule has 182 valence electrons. The molecular weight excluding hydrogens is 489 g/mol. The van der Waals surface area contributed by atoms with E-state index in [4.69, 9.17) is 16.7 Å². The van der Waals surface area contributed by atoms with Gasteiger partial charge in [-0.15, -0.1) is 13.2 Å². The van der Waals surface area contributed by atoms with Gasteiger partial charge in [0.15, 0.2) is 10.9 Å². The van der Waals surface area contributed by atoms with Crippen LogP contribution in [0, 0.1) is 0 Å². The number of hydrogen-bond donors (Lipinski definition) is 2. The first kappa shape index (κ1) is 23.6. The summed E-state index contributed by atoms with van der Waals surface area (Å²) in [7, 11) is 0. The molecule has 2 N–H and O–H groups in total. The Labute approximate surface area is 209 Å². The number of rotatable bonds is 5. The van der Waals surface area contributed by atoms with E-state index in [1.807, 2.05) is 48.5 Å². The number of hydrazone groups is 1. The normalized spacial score (nSPS) is 12.6. The molecule has 36 heavy (non-hydrogen) atoms.